The number of hydrogen-bond acceptors (Lipinski definition) is 2. The molecule has 1 aliphatic heterocycles. The standard InChI is InChI=1S/C5H7NO/c1-4-2-5(7)3-6-4/h3-4H,2H2,1H3. The van der Waals surface area contributed by atoms with E-state index in [-0.39, 0.29) is 11.8 Å². The van der Waals surface area contributed by atoms with Crippen LogP contribution in [0.4, 0.5) is 0 Å². The lowest BCUT2D eigenvalue weighted by Gasteiger charge is -1.87. The van der Waals surface area contributed by atoms with E-state index < -0.39 is 0 Å². The summed E-state index contributed by atoms with van der Waals surface area (Å²) in [7, 11) is 0. The molecular formula is C5H7NO. The van der Waals surface area contributed by atoms with Gasteiger partial charge in [-0.05, 0) is 6.92 Å². The second kappa shape index (κ2) is 1.45. The average molecular weight is 97.1 g/mol. The molecule has 7 heavy (non-hydrogen) atoms. The van der Waals surface area contributed by atoms with E-state index in [9.17, 15) is 4.79 Å². The van der Waals surface area contributed by atoms with Crippen molar-refractivity contribution in [1.82, 2.24) is 0 Å². The van der Waals surface area contributed by atoms with E-state index in [2.05, 4.69) is 4.99 Å². The first-order valence-corrected chi connectivity index (χ1v) is 2.35. The van der Waals surface area contributed by atoms with Crippen molar-refractivity contribution in [2.45, 2.75) is 19.4 Å². The maximum atomic E-state index is 10.3. The van der Waals surface area contributed by atoms with Gasteiger partial charge in [0.15, 0.2) is 5.78 Å². The lowest BCUT2D eigenvalue weighted by molar-refractivity contribution is -0.112. The zero-order valence-corrected chi connectivity index (χ0v) is 4.22. The quantitative estimate of drug-likeness (QED) is 0.430. The summed E-state index contributed by atoms with van der Waals surface area (Å²) < 4.78 is 0. The molecule has 0 saturated heterocycles. The highest BCUT2D eigenvalue weighted by atomic mass is 16.1. The third-order valence-corrected chi connectivity index (χ3v) is 0.970. The number of carbonyl (C=O) groups excluding carboxylic acids is 1. The molecule has 0 aromatic heterocycles. The zero-order chi connectivity index (χ0) is 5.28. The molecule has 2 nitrogen and oxygen atoms in total. The van der Waals surface area contributed by atoms with Gasteiger partial charge < -0.3 is 0 Å². The van der Waals surface area contributed by atoms with Crippen molar-refractivity contribution in [3.63, 3.8) is 0 Å². The van der Waals surface area contributed by atoms with Gasteiger partial charge in [0, 0.05) is 6.42 Å². The molecule has 0 fully saturated rings. The van der Waals surface area contributed by atoms with E-state index in [4.69, 9.17) is 0 Å². The molecule has 0 N–H and O–H groups in total. The van der Waals surface area contributed by atoms with Crippen LogP contribution < -0.4 is 0 Å². The Morgan fingerprint density at radius 3 is 2.86 bits per heavy atom. The molecule has 1 unspecified atom stereocenters. The van der Waals surface area contributed by atoms with Gasteiger partial charge in [-0.25, -0.2) is 0 Å². The van der Waals surface area contributed by atoms with Gasteiger partial charge >= 0.3 is 0 Å². The normalized spacial score (nSPS) is 29.3. The largest absolute Gasteiger partial charge is 0.293 e. The van der Waals surface area contributed by atoms with Gasteiger partial charge in [0.2, 0.25) is 0 Å². The van der Waals surface area contributed by atoms with Gasteiger partial charge in [0.1, 0.15) is 0 Å². The second-order valence-electron chi connectivity index (χ2n) is 1.80. The summed E-state index contributed by atoms with van der Waals surface area (Å²) in [6.07, 6.45) is 2.02. The Morgan fingerprint density at radius 2 is 2.71 bits per heavy atom. The molecule has 0 aromatic rings. The first kappa shape index (κ1) is 4.50. The van der Waals surface area contributed by atoms with Gasteiger partial charge in [-0.15, -0.1) is 0 Å². The Labute approximate surface area is 42.3 Å². The molecule has 0 aromatic carbocycles. The third-order valence-electron chi connectivity index (χ3n) is 0.970. The molecule has 1 rings (SSSR count). The molecule has 1 atom stereocenters. The minimum atomic E-state index is 0.160. The highest BCUT2D eigenvalue weighted by Gasteiger charge is 2.10. The fourth-order valence-corrected chi connectivity index (χ4v) is 0.607. The third kappa shape index (κ3) is 0.856. The van der Waals surface area contributed by atoms with Crippen molar-refractivity contribution in [3.05, 3.63) is 0 Å². The van der Waals surface area contributed by atoms with Crippen molar-refractivity contribution in [3.8, 4) is 0 Å². The maximum absolute atomic E-state index is 10.3. The SMILES string of the molecule is CC1CC(=O)C=N1. The highest BCUT2D eigenvalue weighted by molar-refractivity contribution is 6.29. The lowest BCUT2D eigenvalue weighted by atomic mass is 10.2. The summed E-state index contributed by atoms with van der Waals surface area (Å²) in [4.78, 5) is 14.1. The minimum Gasteiger partial charge on any atom is -0.293 e. The number of ketones is 1. The van der Waals surface area contributed by atoms with Crippen LogP contribution in [0.1, 0.15) is 13.3 Å². The van der Waals surface area contributed by atoms with Crippen LogP contribution in [0.3, 0.4) is 0 Å². The number of hydrogen-bond donors (Lipinski definition) is 0. The molecule has 0 amide bonds. The van der Waals surface area contributed by atoms with E-state index in [1.807, 2.05) is 6.92 Å². The van der Waals surface area contributed by atoms with Gasteiger partial charge in [0.05, 0.1) is 12.3 Å². The molecule has 38 valence electrons. The predicted octanol–water partition coefficient (Wildman–Crippen LogP) is 0.418. The summed E-state index contributed by atoms with van der Waals surface area (Å²) >= 11 is 0. The average Bonchev–Trinajstić information content (AvgIpc) is 1.87. The lowest BCUT2D eigenvalue weighted by Crippen LogP contribution is -1.96. The van der Waals surface area contributed by atoms with E-state index >= 15 is 0 Å². The number of nitrogens with zero attached hydrogens (tertiary/aromatic N) is 1. The van der Waals surface area contributed by atoms with E-state index in [0.29, 0.717) is 6.42 Å². The molecule has 0 radical (unpaired) electrons. The molecule has 0 spiro atoms. The maximum Gasteiger partial charge on any atom is 0.175 e. The predicted molar refractivity (Wildman–Crippen MR) is 27.6 cm³/mol. The highest BCUT2D eigenvalue weighted by Crippen LogP contribution is 2.01. The minimum absolute atomic E-state index is 0.160. The molecule has 1 heterocycles. The van der Waals surface area contributed by atoms with Crippen molar-refractivity contribution < 1.29 is 4.79 Å². The Balaban J connectivity index is 2.58. The molecule has 2 heteroatoms. The Bertz CT molecular complexity index is 117. The van der Waals surface area contributed by atoms with Crippen LogP contribution in [0.15, 0.2) is 4.99 Å². The molecule has 0 saturated carbocycles. The Hall–Kier alpha value is -0.660. The van der Waals surface area contributed by atoms with Crippen LogP contribution in [0, 0.1) is 0 Å². The summed E-state index contributed by atoms with van der Waals surface area (Å²) in [5, 5.41) is 0. The van der Waals surface area contributed by atoms with Crippen molar-refractivity contribution in [2.24, 2.45) is 4.99 Å². The van der Waals surface area contributed by atoms with Gasteiger partial charge in [-0.1, -0.05) is 0 Å². The van der Waals surface area contributed by atoms with Gasteiger partial charge in [0.25, 0.3) is 0 Å². The van der Waals surface area contributed by atoms with Crippen LogP contribution in [0.2, 0.25) is 0 Å². The Kier molecular flexibility index (Phi) is 0.929. The Morgan fingerprint density at radius 1 is 2.00 bits per heavy atom. The zero-order valence-electron chi connectivity index (χ0n) is 4.22. The van der Waals surface area contributed by atoms with Crippen LogP contribution >= 0.6 is 0 Å². The van der Waals surface area contributed by atoms with Crippen molar-refractivity contribution in [1.29, 1.82) is 0 Å². The van der Waals surface area contributed by atoms with Gasteiger partial charge in [-0.3, -0.25) is 9.79 Å². The van der Waals surface area contributed by atoms with Crippen LogP contribution in [-0.4, -0.2) is 18.0 Å². The summed E-state index contributed by atoms with van der Waals surface area (Å²) in [6, 6.07) is 0.243. The first-order valence-electron chi connectivity index (χ1n) is 2.35. The van der Waals surface area contributed by atoms with E-state index in [0.717, 1.165) is 0 Å². The summed E-state index contributed by atoms with van der Waals surface area (Å²) in [5.41, 5.74) is 0. The molecule has 0 bridgehead atoms. The smallest absolute Gasteiger partial charge is 0.175 e. The molecular weight excluding hydrogens is 90.1 g/mol. The van der Waals surface area contributed by atoms with Crippen LogP contribution in [0.25, 0.3) is 0 Å². The van der Waals surface area contributed by atoms with Gasteiger partial charge in [-0.2, -0.15) is 0 Å². The monoisotopic (exact) mass is 97.1 g/mol. The van der Waals surface area contributed by atoms with E-state index in [1.54, 1.807) is 0 Å². The van der Waals surface area contributed by atoms with Crippen molar-refractivity contribution in [2.75, 3.05) is 0 Å². The van der Waals surface area contributed by atoms with E-state index in [1.165, 1.54) is 6.21 Å². The van der Waals surface area contributed by atoms with Crippen LogP contribution in [-0.2, 0) is 4.79 Å². The van der Waals surface area contributed by atoms with Crippen LogP contribution in [0.5, 0.6) is 0 Å². The fraction of sp³-hybridized carbons (Fsp3) is 0.600. The second-order valence-corrected chi connectivity index (χ2v) is 1.80. The summed E-state index contributed by atoms with van der Waals surface area (Å²) in [5.74, 6) is 0.160. The first-order chi connectivity index (χ1) is 3.29. The fourth-order valence-electron chi connectivity index (χ4n) is 0.607. The number of carbonyl (C=O) groups is 1. The van der Waals surface area contributed by atoms with Crippen molar-refractivity contribution >= 4 is 12.0 Å². The number of rotatable bonds is 0. The topological polar surface area (TPSA) is 29.4 Å². The molecule has 1 aliphatic rings. The number of Topliss-reactive ketones (excluding diaryl/α,β-unsaturated/α-hetero) is 1. The summed E-state index contributed by atoms with van der Waals surface area (Å²) in [6.45, 7) is 1.93. The number of aliphatic imine (C=N–C) groups is 1. The molecule has 0 aliphatic carbocycles.